The van der Waals surface area contributed by atoms with E-state index in [-0.39, 0.29) is 11.3 Å². The zero-order valence-corrected chi connectivity index (χ0v) is 8.14. The molecule has 1 atom stereocenters. The van der Waals surface area contributed by atoms with E-state index in [9.17, 15) is 4.79 Å². The fourth-order valence-corrected chi connectivity index (χ4v) is 0.557. The van der Waals surface area contributed by atoms with Gasteiger partial charge in [0.2, 0.25) is 0 Å². The van der Waals surface area contributed by atoms with Crippen molar-refractivity contribution in [1.29, 1.82) is 0 Å². The third-order valence-corrected chi connectivity index (χ3v) is 1.29. The molecule has 0 aliphatic carbocycles. The molecule has 0 aromatic carbocycles. The Hall–Kier alpha value is -0.970. The molecule has 0 amide bonds. The zero-order chi connectivity index (χ0) is 9.78. The van der Waals surface area contributed by atoms with Crippen LogP contribution in [-0.2, 0) is 4.79 Å². The third kappa shape index (κ3) is 5.79. The van der Waals surface area contributed by atoms with Crippen molar-refractivity contribution >= 4 is 5.97 Å². The SMILES string of the molecule is CC(CC#CC(C)(C)C)C(=O)O. The van der Waals surface area contributed by atoms with Crippen LogP contribution in [-0.4, -0.2) is 11.1 Å². The van der Waals surface area contributed by atoms with Crippen LogP contribution in [0.2, 0.25) is 0 Å². The number of carbonyl (C=O) groups is 1. The molecule has 68 valence electrons. The van der Waals surface area contributed by atoms with Gasteiger partial charge in [0.15, 0.2) is 0 Å². The smallest absolute Gasteiger partial charge is 0.307 e. The van der Waals surface area contributed by atoms with Crippen LogP contribution >= 0.6 is 0 Å². The van der Waals surface area contributed by atoms with E-state index in [1.54, 1.807) is 6.92 Å². The molecule has 1 N–H and O–H groups in total. The van der Waals surface area contributed by atoms with E-state index in [1.807, 2.05) is 20.8 Å². The van der Waals surface area contributed by atoms with Crippen LogP contribution in [0.3, 0.4) is 0 Å². The third-order valence-electron chi connectivity index (χ3n) is 1.29. The topological polar surface area (TPSA) is 37.3 Å². The molecule has 12 heavy (non-hydrogen) atoms. The number of rotatable bonds is 2. The van der Waals surface area contributed by atoms with Gasteiger partial charge in [-0.25, -0.2) is 0 Å². The van der Waals surface area contributed by atoms with Crippen LogP contribution in [0, 0.1) is 23.2 Å². The van der Waals surface area contributed by atoms with Crippen molar-refractivity contribution < 1.29 is 9.90 Å². The normalized spacial score (nSPS) is 13.0. The highest BCUT2D eigenvalue weighted by atomic mass is 16.4. The number of hydrogen-bond donors (Lipinski definition) is 1. The summed E-state index contributed by atoms with van der Waals surface area (Å²) in [4.78, 5) is 10.4. The van der Waals surface area contributed by atoms with Crippen LogP contribution in [0.25, 0.3) is 0 Å². The molecule has 1 unspecified atom stereocenters. The molecule has 0 spiro atoms. The maximum absolute atomic E-state index is 10.4. The van der Waals surface area contributed by atoms with Crippen LogP contribution in [0.1, 0.15) is 34.1 Å². The Labute approximate surface area is 74.0 Å². The maximum atomic E-state index is 10.4. The van der Waals surface area contributed by atoms with Gasteiger partial charge in [-0.2, -0.15) is 0 Å². The van der Waals surface area contributed by atoms with Crippen molar-refractivity contribution in [2.45, 2.75) is 34.1 Å². The van der Waals surface area contributed by atoms with Gasteiger partial charge >= 0.3 is 5.97 Å². The Balaban J connectivity index is 3.96. The Morgan fingerprint density at radius 1 is 1.50 bits per heavy atom. The molecular weight excluding hydrogens is 152 g/mol. The van der Waals surface area contributed by atoms with Gasteiger partial charge in [0.25, 0.3) is 0 Å². The maximum Gasteiger partial charge on any atom is 0.307 e. The van der Waals surface area contributed by atoms with E-state index < -0.39 is 5.97 Å². The Bertz CT molecular complexity index is 212. The van der Waals surface area contributed by atoms with E-state index >= 15 is 0 Å². The van der Waals surface area contributed by atoms with Gasteiger partial charge in [0, 0.05) is 11.8 Å². The zero-order valence-electron chi connectivity index (χ0n) is 8.14. The molecule has 0 fully saturated rings. The van der Waals surface area contributed by atoms with Gasteiger partial charge in [-0.1, -0.05) is 12.8 Å². The van der Waals surface area contributed by atoms with Gasteiger partial charge in [-0.3, -0.25) is 4.79 Å². The molecule has 0 rings (SSSR count). The van der Waals surface area contributed by atoms with E-state index in [2.05, 4.69) is 11.8 Å². The molecule has 0 aromatic rings. The molecule has 0 aliphatic rings. The summed E-state index contributed by atoms with van der Waals surface area (Å²) in [7, 11) is 0. The van der Waals surface area contributed by atoms with E-state index in [4.69, 9.17) is 5.11 Å². The first-order valence-corrected chi connectivity index (χ1v) is 4.06. The quantitative estimate of drug-likeness (QED) is 0.641. The first kappa shape index (κ1) is 11.0. The fourth-order valence-electron chi connectivity index (χ4n) is 0.557. The van der Waals surface area contributed by atoms with Crippen molar-refractivity contribution in [3.63, 3.8) is 0 Å². The van der Waals surface area contributed by atoms with Crippen LogP contribution < -0.4 is 0 Å². The highest BCUT2D eigenvalue weighted by molar-refractivity contribution is 5.69. The molecule has 0 radical (unpaired) electrons. The lowest BCUT2D eigenvalue weighted by Gasteiger charge is -2.07. The lowest BCUT2D eigenvalue weighted by molar-refractivity contribution is -0.140. The molecular formula is C10H16O2. The summed E-state index contributed by atoms with van der Waals surface area (Å²) in [5.74, 6) is 4.73. The second kappa shape index (κ2) is 4.15. The van der Waals surface area contributed by atoms with Gasteiger partial charge in [0.05, 0.1) is 5.92 Å². The Kier molecular flexibility index (Phi) is 3.82. The van der Waals surface area contributed by atoms with Crippen LogP contribution in [0.4, 0.5) is 0 Å². The minimum absolute atomic E-state index is 0.0295. The van der Waals surface area contributed by atoms with Gasteiger partial charge in [-0.15, -0.1) is 5.92 Å². The largest absolute Gasteiger partial charge is 0.481 e. The minimum atomic E-state index is -0.779. The second-order valence-corrected chi connectivity index (χ2v) is 4.00. The highest BCUT2D eigenvalue weighted by Crippen LogP contribution is 2.10. The Morgan fingerprint density at radius 3 is 2.33 bits per heavy atom. The van der Waals surface area contributed by atoms with E-state index in [0.29, 0.717) is 6.42 Å². The molecule has 0 aromatic heterocycles. The molecule has 0 heterocycles. The number of carboxylic acid groups (broad SMARTS) is 1. The first-order valence-electron chi connectivity index (χ1n) is 4.06. The van der Waals surface area contributed by atoms with E-state index in [0.717, 1.165) is 0 Å². The fraction of sp³-hybridized carbons (Fsp3) is 0.700. The monoisotopic (exact) mass is 168 g/mol. The first-order chi connectivity index (χ1) is 5.33. The summed E-state index contributed by atoms with van der Waals surface area (Å²) in [5, 5.41) is 8.54. The summed E-state index contributed by atoms with van der Waals surface area (Å²) in [5.41, 5.74) is -0.0295. The van der Waals surface area contributed by atoms with Crippen molar-refractivity contribution in [3.05, 3.63) is 0 Å². The summed E-state index contributed by atoms with van der Waals surface area (Å²) in [6.45, 7) is 7.68. The van der Waals surface area contributed by atoms with E-state index in [1.165, 1.54) is 0 Å². The van der Waals surface area contributed by atoms with Gasteiger partial charge in [0.1, 0.15) is 0 Å². The summed E-state index contributed by atoms with van der Waals surface area (Å²) in [6, 6.07) is 0. The predicted molar refractivity (Wildman–Crippen MR) is 48.6 cm³/mol. The summed E-state index contributed by atoms with van der Waals surface area (Å²) in [6.07, 6.45) is 0.437. The van der Waals surface area contributed by atoms with Gasteiger partial charge < -0.3 is 5.11 Å². The number of hydrogen-bond acceptors (Lipinski definition) is 1. The Morgan fingerprint density at radius 2 is 2.00 bits per heavy atom. The molecule has 0 saturated heterocycles. The van der Waals surface area contributed by atoms with Gasteiger partial charge in [-0.05, 0) is 20.8 Å². The minimum Gasteiger partial charge on any atom is -0.481 e. The molecule has 2 nitrogen and oxygen atoms in total. The predicted octanol–water partition coefficient (Wildman–Crippen LogP) is 2.15. The van der Waals surface area contributed by atoms with Crippen LogP contribution in [0.15, 0.2) is 0 Å². The summed E-state index contributed by atoms with van der Waals surface area (Å²) < 4.78 is 0. The molecule has 0 aliphatic heterocycles. The van der Waals surface area contributed by atoms with Crippen molar-refractivity contribution in [3.8, 4) is 11.8 Å². The average molecular weight is 168 g/mol. The highest BCUT2D eigenvalue weighted by Gasteiger charge is 2.09. The second-order valence-electron chi connectivity index (χ2n) is 4.00. The average Bonchev–Trinajstić information content (AvgIpc) is 1.84. The molecule has 0 saturated carbocycles. The van der Waals surface area contributed by atoms with Crippen molar-refractivity contribution in [2.75, 3.05) is 0 Å². The standard InChI is InChI=1S/C10H16O2/c1-8(9(11)12)6-5-7-10(2,3)4/h8H,6H2,1-4H3,(H,11,12). The molecule has 0 bridgehead atoms. The van der Waals surface area contributed by atoms with Crippen molar-refractivity contribution in [2.24, 2.45) is 11.3 Å². The number of carboxylic acids is 1. The summed E-state index contributed by atoms with van der Waals surface area (Å²) >= 11 is 0. The van der Waals surface area contributed by atoms with Crippen molar-refractivity contribution in [1.82, 2.24) is 0 Å². The lowest BCUT2D eigenvalue weighted by Crippen LogP contribution is -2.08. The lowest BCUT2D eigenvalue weighted by atomic mass is 9.97. The molecule has 2 heteroatoms. The number of aliphatic carboxylic acids is 1. The van der Waals surface area contributed by atoms with Crippen LogP contribution in [0.5, 0.6) is 0 Å².